The standard InChI is InChI=1S/C15H20N2OS2/c1-11-10-20-15(17-11)14(7-13-3-2-6-19-13)16-8-12-4-5-18-9-12/h2-3,6,10,12,14,16H,4-5,7-9H2,1H3/t12-,14-/m0/s1. The van der Waals surface area contributed by atoms with Gasteiger partial charge in [-0.15, -0.1) is 22.7 Å². The fraction of sp³-hybridized carbons (Fsp3) is 0.533. The highest BCUT2D eigenvalue weighted by molar-refractivity contribution is 7.10. The van der Waals surface area contributed by atoms with E-state index in [1.54, 1.807) is 11.3 Å². The minimum absolute atomic E-state index is 0.327. The van der Waals surface area contributed by atoms with E-state index in [4.69, 9.17) is 4.74 Å². The highest BCUT2D eigenvalue weighted by atomic mass is 32.1. The molecule has 5 heteroatoms. The van der Waals surface area contributed by atoms with Crippen molar-refractivity contribution < 1.29 is 4.74 Å². The van der Waals surface area contributed by atoms with Crippen molar-refractivity contribution in [2.24, 2.45) is 5.92 Å². The van der Waals surface area contributed by atoms with Gasteiger partial charge in [0.2, 0.25) is 0 Å². The average molecular weight is 308 g/mol. The van der Waals surface area contributed by atoms with Crippen LogP contribution in [0.1, 0.15) is 28.0 Å². The van der Waals surface area contributed by atoms with Crippen LogP contribution >= 0.6 is 22.7 Å². The molecule has 0 saturated carbocycles. The molecule has 0 radical (unpaired) electrons. The third kappa shape index (κ3) is 3.67. The third-order valence-corrected chi connectivity index (χ3v) is 5.57. The van der Waals surface area contributed by atoms with Crippen molar-refractivity contribution in [2.45, 2.75) is 25.8 Å². The molecule has 0 unspecified atom stereocenters. The Kier molecular flexibility index (Phi) is 4.83. The van der Waals surface area contributed by atoms with Gasteiger partial charge in [0, 0.05) is 35.5 Å². The molecule has 0 aromatic carbocycles. The second kappa shape index (κ2) is 6.80. The number of thiazole rings is 1. The predicted octanol–water partition coefficient (Wildman–Crippen LogP) is 3.42. The van der Waals surface area contributed by atoms with Crippen LogP contribution in [0.5, 0.6) is 0 Å². The maximum absolute atomic E-state index is 5.45. The minimum atomic E-state index is 0.327. The zero-order chi connectivity index (χ0) is 13.8. The Balaban J connectivity index is 1.65. The summed E-state index contributed by atoms with van der Waals surface area (Å²) in [6.07, 6.45) is 2.20. The molecular weight excluding hydrogens is 288 g/mol. The van der Waals surface area contributed by atoms with Crippen LogP contribution in [0.4, 0.5) is 0 Å². The van der Waals surface area contributed by atoms with Gasteiger partial charge in [-0.1, -0.05) is 6.07 Å². The van der Waals surface area contributed by atoms with Crippen LogP contribution in [0.25, 0.3) is 0 Å². The third-order valence-electron chi connectivity index (χ3n) is 3.60. The Bertz CT molecular complexity index is 518. The molecule has 3 nitrogen and oxygen atoms in total. The summed E-state index contributed by atoms with van der Waals surface area (Å²) in [7, 11) is 0. The molecule has 0 bridgehead atoms. The molecule has 1 aliphatic rings. The fourth-order valence-electron chi connectivity index (χ4n) is 2.46. The van der Waals surface area contributed by atoms with Gasteiger partial charge < -0.3 is 10.1 Å². The molecule has 3 rings (SSSR count). The maximum atomic E-state index is 5.45. The first-order valence-corrected chi connectivity index (χ1v) is 8.82. The molecule has 0 spiro atoms. The maximum Gasteiger partial charge on any atom is 0.110 e. The Morgan fingerprint density at radius 1 is 1.50 bits per heavy atom. The first kappa shape index (κ1) is 14.2. The van der Waals surface area contributed by atoms with E-state index in [9.17, 15) is 0 Å². The van der Waals surface area contributed by atoms with E-state index >= 15 is 0 Å². The van der Waals surface area contributed by atoms with Crippen LogP contribution in [0.15, 0.2) is 22.9 Å². The van der Waals surface area contributed by atoms with Crippen molar-refractivity contribution in [1.29, 1.82) is 0 Å². The molecule has 1 fully saturated rings. The predicted molar refractivity (Wildman–Crippen MR) is 84.5 cm³/mol. The van der Waals surface area contributed by atoms with Crippen molar-refractivity contribution in [1.82, 2.24) is 10.3 Å². The molecule has 1 saturated heterocycles. The smallest absolute Gasteiger partial charge is 0.110 e. The molecule has 3 heterocycles. The van der Waals surface area contributed by atoms with Crippen molar-refractivity contribution in [3.63, 3.8) is 0 Å². The first-order valence-electron chi connectivity index (χ1n) is 7.07. The number of nitrogens with zero attached hydrogens (tertiary/aromatic N) is 1. The van der Waals surface area contributed by atoms with Gasteiger partial charge in [-0.3, -0.25) is 0 Å². The zero-order valence-electron chi connectivity index (χ0n) is 11.7. The lowest BCUT2D eigenvalue weighted by Crippen LogP contribution is -2.29. The highest BCUT2D eigenvalue weighted by Crippen LogP contribution is 2.25. The highest BCUT2D eigenvalue weighted by Gasteiger charge is 2.20. The van der Waals surface area contributed by atoms with E-state index in [1.165, 1.54) is 16.3 Å². The summed E-state index contributed by atoms with van der Waals surface area (Å²) in [6.45, 7) is 4.90. The summed E-state index contributed by atoms with van der Waals surface area (Å²) >= 11 is 3.58. The van der Waals surface area contributed by atoms with Crippen LogP contribution in [0.2, 0.25) is 0 Å². The van der Waals surface area contributed by atoms with E-state index in [2.05, 4.69) is 40.1 Å². The number of rotatable bonds is 6. The van der Waals surface area contributed by atoms with Gasteiger partial charge in [0.25, 0.3) is 0 Å². The van der Waals surface area contributed by atoms with E-state index in [0.717, 1.165) is 31.9 Å². The van der Waals surface area contributed by atoms with Crippen LogP contribution in [-0.4, -0.2) is 24.7 Å². The first-order chi connectivity index (χ1) is 9.81. The zero-order valence-corrected chi connectivity index (χ0v) is 13.3. The molecular formula is C15H20N2OS2. The molecule has 2 aromatic heterocycles. The lowest BCUT2D eigenvalue weighted by molar-refractivity contribution is 0.184. The largest absolute Gasteiger partial charge is 0.381 e. The van der Waals surface area contributed by atoms with Crippen molar-refractivity contribution in [2.75, 3.05) is 19.8 Å². The minimum Gasteiger partial charge on any atom is -0.381 e. The molecule has 1 N–H and O–H groups in total. The van der Waals surface area contributed by atoms with Crippen molar-refractivity contribution >= 4 is 22.7 Å². The van der Waals surface area contributed by atoms with E-state index in [1.807, 2.05) is 11.3 Å². The fourth-order valence-corrected chi connectivity index (χ4v) is 4.09. The topological polar surface area (TPSA) is 34.1 Å². The normalized spacial score (nSPS) is 20.4. The van der Waals surface area contributed by atoms with Crippen LogP contribution < -0.4 is 5.32 Å². The van der Waals surface area contributed by atoms with Gasteiger partial charge in [-0.25, -0.2) is 4.98 Å². The number of thiophene rings is 1. The molecule has 2 atom stereocenters. The number of hydrogen-bond donors (Lipinski definition) is 1. The number of ether oxygens (including phenoxy) is 1. The second-order valence-electron chi connectivity index (χ2n) is 5.30. The summed E-state index contributed by atoms with van der Waals surface area (Å²) in [4.78, 5) is 6.08. The number of nitrogens with one attached hydrogen (secondary N) is 1. The van der Waals surface area contributed by atoms with Crippen LogP contribution in [-0.2, 0) is 11.2 Å². The average Bonchev–Trinajstić information content (AvgIpc) is 3.17. The Hall–Kier alpha value is -0.750. The molecule has 0 aliphatic carbocycles. The number of aryl methyl sites for hydroxylation is 1. The summed E-state index contributed by atoms with van der Waals surface area (Å²) < 4.78 is 5.45. The summed E-state index contributed by atoms with van der Waals surface area (Å²) in [5, 5.41) is 9.19. The Morgan fingerprint density at radius 2 is 2.45 bits per heavy atom. The van der Waals surface area contributed by atoms with E-state index in [-0.39, 0.29) is 0 Å². The molecule has 108 valence electrons. The van der Waals surface area contributed by atoms with Crippen LogP contribution in [0.3, 0.4) is 0 Å². The summed E-state index contributed by atoms with van der Waals surface area (Å²) in [5.41, 5.74) is 1.12. The van der Waals surface area contributed by atoms with E-state index in [0.29, 0.717) is 12.0 Å². The quantitative estimate of drug-likeness (QED) is 0.888. The lowest BCUT2D eigenvalue weighted by atomic mass is 10.1. The van der Waals surface area contributed by atoms with E-state index < -0.39 is 0 Å². The van der Waals surface area contributed by atoms with Gasteiger partial charge >= 0.3 is 0 Å². The molecule has 20 heavy (non-hydrogen) atoms. The molecule has 0 amide bonds. The molecule has 1 aliphatic heterocycles. The second-order valence-corrected chi connectivity index (χ2v) is 7.22. The van der Waals surface area contributed by atoms with Gasteiger partial charge in [-0.05, 0) is 30.7 Å². The number of hydrogen-bond acceptors (Lipinski definition) is 5. The monoisotopic (exact) mass is 308 g/mol. The summed E-state index contributed by atoms with van der Waals surface area (Å²) in [5.74, 6) is 0.655. The summed E-state index contributed by atoms with van der Waals surface area (Å²) in [6, 6.07) is 4.65. The van der Waals surface area contributed by atoms with Gasteiger partial charge in [-0.2, -0.15) is 0 Å². The van der Waals surface area contributed by atoms with Crippen molar-refractivity contribution in [3.8, 4) is 0 Å². The number of aromatic nitrogens is 1. The van der Waals surface area contributed by atoms with Gasteiger partial charge in [0.15, 0.2) is 0 Å². The van der Waals surface area contributed by atoms with Crippen LogP contribution in [0, 0.1) is 12.8 Å². The van der Waals surface area contributed by atoms with Gasteiger partial charge in [0.1, 0.15) is 5.01 Å². The lowest BCUT2D eigenvalue weighted by Gasteiger charge is -2.18. The SMILES string of the molecule is Cc1csc([C@H](Cc2cccs2)NC[C@@H]2CCOC2)n1. The Morgan fingerprint density at radius 3 is 3.10 bits per heavy atom. The Labute approximate surface area is 128 Å². The molecule has 2 aromatic rings. The van der Waals surface area contributed by atoms with Gasteiger partial charge in [0.05, 0.1) is 12.6 Å². The van der Waals surface area contributed by atoms with Crippen molar-refractivity contribution in [3.05, 3.63) is 38.5 Å².